The van der Waals surface area contributed by atoms with E-state index in [9.17, 15) is 9.59 Å². The Hall–Kier alpha value is -3.48. The number of rotatable bonds is 5. The molecule has 7 heteroatoms. The lowest BCUT2D eigenvalue weighted by atomic mass is 10.1. The highest BCUT2D eigenvalue weighted by molar-refractivity contribution is 5.96. The van der Waals surface area contributed by atoms with Crippen molar-refractivity contribution in [3.63, 3.8) is 0 Å². The minimum atomic E-state index is -1.20. The fraction of sp³-hybridized carbons (Fsp3) is 0.158. The van der Waals surface area contributed by atoms with Crippen LogP contribution in [0.4, 0.5) is 0 Å². The highest BCUT2D eigenvalue weighted by atomic mass is 16.5. The number of amides is 1. The average molecular weight is 351 g/mol. The molecule has 2 aromatic carbocycles. The van der Waals surface area contributed by atoms with E-state index in [0.29, 0.717) is 11.1 Å². The van der Waals surface area contributed by atoms with Gasteiger partial charge in [-0.25, -0.2) is 4.79 Å². The molecule has 0 saturated heterocycles. The maximum absolute atomic E-state index is 12.4. The Morgan fingerprint density at radius 1 is 1.04 bits per heavy atom. The summed E-state index contributed by atoms with van der Waals surface area (Å²) in [6.45, 7) is 1.92. The molecule has 0 bridgehead atoms. The first-order valence-corrected chi connectivity index (χ1v) is 7.92. The van der Waals surface area contributed by atoms with E-state index in [4.69, 9.17) is 9.15 Å². The Labute approximate surface area is 150 Å². The maximum atomic E-state index is 12.4. The van der Waals surface area contributed by atoms with Gasteiger partial charge >= 0.3 is 5.97 Å². The molecule has 1 heterocycles. The number of methoxy groups -OCH3 is 1. The summed E-state index contributed by atoms with van der Waals surface area (Å²) in [5, 5.41) is 10.4. The zero-order valence-electron chi connectivity index (χ0n) is 14.3. The number of nitrogens with one attached hydrogen (secondary N) is 1. The number of nitrogens with zero attached hydrogens (tertiary/aromatic N) is 2. The van der Waals surface area contributed by atoms with Crippen molar-refractivity contribution in [1.29, 1.82) is 0 Å². The number of hydrogen-bond acceptors (Lipinski definition) is 6. The van der Waals surface area contributed by atoms with Gasteiger partial charge in [0.2, 0.25) is 11.9 Å². The molecule has 0 spiro atoms. The van der Waals surface area contributed by atoms with Gasteiger partial charge in [-0.15, -0.1) is 10.2 Å². The van der Waals surface area contributed by atoms with Crippen LogP contribution in [0.5, 0.6) is 0 Å². The number of carbonyl (C=O) groups excluding carboxylic acids is 2. The van der Waals surface area contributed by atoms with Crippen LogP contribution in [0.15, 0.2) is 59.0 Å². The molecule has 0 aliphatic rings. The zero-order valence-corrected chi connectivity index (χ0v) is 14.3. The molecule has 3 rings (SSSR count). The summed E-state index contributed by atoms with van der Waals surface area (Å²) in [5.41, 5.74) is 2.14. The second kappa shape index (κ2) is 7.60. The van der Waals surface area contributed by atoms with E-state index in [0.717, 1.165) is 5.56 Å². The van der Waals surface area contributed by atoms with Gasteiger partial charge in [-0.3, -0.25) is 4.79 Å². The minimum Gasteiger partial charge on any atom is -0.467 e. The normalized spacial score (nSPS) is 11.6. The number of benzene rings is 2. The number of aromatic nitrogens is 2. The molecule has 1 N–H and O–H groups in total. The first-order valence-electron chi connectivity index (χ1n) is 7.92. The van der Waals surface area contributed by atoms with Gasteiger partial charge in [0.1, 0.15) is 0 Å². The summed E-state index contributed by atoms with van der Waals surface area (Å²) in [5.74, 6) is -0.941. The minimum absolute atomic E-state index is 0.0452. The van der Waals surface area contributed by atoms with Crippen molar-refractivity contribution in [2.24, 2.45) is 0 Å². The van der Waals surface area contributed by atoms with Crippen molar-refractivity contribution in [1.82, 2.24) is 15.5 Å². The highest BCUT2D eigenvalue weighted by Gasteiger charge is 2.30. The molecule has 1 aromatic heterocycles. The summed E-state index contributed by atoms with van der Waals surface area (Å²) >= 11 is 0. The molecule has 0 aliphatic heterocycles. The van der Waals surface area contributed by atoms with Crippen molar-refractivity contribution >= 4 is 11.9 Å². The Morgan fingerprint density at radius 2 is 1.73 bits per heavy atom. The monoisotopic (exact) mass is 351 g/mol. The third-order valence-electron chi connectivity index (χ3n) is 3.73. The Kier molecular flexibility index (Phi) is 5.07. The molecule has 0 aliphatic carbocycles. The van der Waals surface area contributed by atoms with Crippen LogP contribution in [0.1, 0.15) is 27.9 Å². The van der Waals surface area contributed by atoms with Gasteiger partial charge in [0.05, 0.1) is 7.11 Å². The van der Waals surface area contributed by atoms with Crippen LogP contribution in [0.2, 0.25) is 0 Å². The molecule has 1 unspecified atom stereocenters. The van der Waals surface area contributed by atoms with Gasteiger partial charge in [0.15, 0.2) is 0 Å². The van der Waals surface area contributed by atoms with Crippen LogP contribution in [0.25, 0.3) is 11.5 Å². The van der Waals surface area contributed by atoms with Gasteiger partial charge in [-0.05, 0) is 31.2 Å². The number of aryl methyl sites for hydroxylation is 1. The molecule has 0 saturated carbocycles. The van der Waals surface area contributed by atoms with Crippen LogP contribution in [0.3, 0.4) is 0 Å². The first kappa shape index (κ1) is 17.3. The van der Waals surface area contributed by atoms with Crippen molar-refractivity contribution in [3.05, 3.63) is 71.6 Å². The van der Waals surface area contributed by atoms with E-state index in [1.807, 2.05) is 37.3 Å². The van der Waals surface area contributed by atoms with Gasteiger partial charge in [0.25, 0.3) is 11.8 Å². The van der Waals surface area contributed by atoms with E-state index < -0.39 is 17.9 Å². The fourth-order valence-electron chi connectivity index (χ4n) is 2.31. The standard InChI is InChI=1S/C19H17N3O4/c1-12-8-10-13(11-9-12)16(23)20-15(19(24)25-2)18-22-21-17(26-18)14-6-4-3-5-7-14/h3-11,15H,1-2H3,(H,20,23). The lowest BCUT2D eigenvalue weighted by Crippen LogP contribution is -2.34. The van der Waals surface area contributed by atoms with Crippen LogP contribution >= 0.6 is 0 Å². The van der Waals surface area contributed by atoms with Crippen molar-refractivity contribution < 1.29 is 18.7 Å². The van der Waals surface area contributed by atoms with Crippen molar-refractivity contribution in [3.8, 4) is 11.5 Å². The average Bonchev–Trinajstić information content (AvgIpc) is 3.16. The first-order chi connectivity index (χ1) is 12.6. The number of carbonyl (C=O) groups is 2. The number of esters is 1. The van der Waals surface area contributed by atoms with Gasteiger partial charge in [-0.1, -0.05) is 35.9 Å². The predicted molar refractivity (Wildman–Crippen MR) is 93.1 cm³/mol. The molecular formula is C19H17N3O4. The summed E-state index contributed by atoms with van der Waals surface area (Å²) < 4.78 is 10.3. The van der Waals surface area contributed by atoms with Gasteiger partial charge in [-0.2, -0.15) is 0 Å². The van der Waals surface area contributed by atoms with Crippen LogP contribution in [-0.4, -0.2) is 29.2 Å². The molecule has 1 amide bonds. The number of hydrogen-bond donors (Lipinski definition) is 1. The van der Waals surface area contributed by atoms with E-state index in [1.54, 1.807) is 24.3 Å². The van der Waals surface area contributed by atoms with Crippen molar-refractivity contribution in [2.45, 2.75) is 13.0 Å². The molecule has 0 fully saturated rings. The zero-order chi connectivity index (χ0) is 18.5. The summed E-state index contributed by atoms with van der Waals surface area (Å²) in [7, 11) is 1.22. The SMILES string of the molecule is COC(=O)C(NC(=O)c1ccc(C)cc1)c1nnc(-c2ccccc2)o1. The van der Waals surface area contributed by atoms with Crippen LogP contribution in [-0.2, 0) is 9.53 Å². The molecular weight excluding hydrogens is 334 g/mol. The second-order valence-corrected chi connectivity index (χ2v) is 5.61. The third kappa shape index (κ3) is 3.77. The smallest absolute Gasteiger partial charge is 0.338 e. The summed E-state index contributed by atoms with van der Waals surface area (Å²) in [6, 6.07) is 14.9. The van der Waals surface area contributed by atoms with Crippen molar-refractivity contribution in [2.75, 3.05) is 7.11 Å². The topological polar surface area (TPSA) is 94.3 Å². The molecule has 3 aromatic rings. The molecule has 132 valence electrons. The van der Waals surface area contributed by atoms with Gasteiger partial charge in [0, 0.05) is 11.1 Å². The molecule has 1 atom stereocenters. The second-order valence-electron chi connectivity index (χ2n) is 5.61. The molecule has 26 heavy (non-hydrogen) atoms. The fourth-order valence-corrected chi connectivity index (χ4v) is 2.31. The third-order valence-corrected chi connectivity index (χ3v) is 3.73. The molecule has 7 nitrogen and oxygen atoms in total. The quantitative estimate of drug-likeness (QED) is 0.710. The Morgan fingerprint density at radius 3 is 2.38 bits per heavy atom. The summed E-state index contributed by atoms with van der Waals surface area (Å²) in [6.07, 6.45) is 0. The maximum Gasteiger partial charge on any atom is 0.338 e. The largest absolute Gasteiger partial charge is 0.467 e. The van der Waals surface area contributed by atoms with Gasteiger partial charge < -0.3 is 14.5 Å². The van der Waals surface area contributed by atoms with E-state index in [1.165, 1.54) is 7.11 Å². The molecule has 0 radical (unpaired) electrons. The Balaban J connectivity index is 1.85. The summed E-state index contributed by atoms with van der Waals surface area (Å²) in [4.78, 5) is 24.5. The van der Waals surface area contributed by atoms with Crippen LogP contribution < -0.4 is 5.32 Å². The van der Waals surface area contributed by atoms with E-state index in [2.05, 4.69) is 15.5 Å². The lowest BCUT2D eigenvalue weighted by Gasteiger charge is -2.13. The predicted octanol–water partition coefficient (Wildman–Crippen LogP) is 2.69. The van der Waals surface area contributed by atoms with E-state index >= 15 is 0 Å². The van der Waals surface area contributed by atoms with E-state index in [-0.39, 0.29) is 11.8 Å². The number of ether oxygens (including phenoxy) is 1. The lowest BCUT2D eigenvalue weighted by molar-refractivity contribution is -0.143. The Bertz CT molecular complexity index is 904. The van der Waals surface area contributed by atoms with Crippen LogP contribution in [0, 0.1) is 6.92 Å². The highest BCUT2D eigenvalue weighted by Crippen LogP contribution is 2.21.